The SMILES string of the molecule is COCCNC(=O)CN(C)C(=O)CN1CCNCC1. The molecule has 1 rings (SSSR count). The maximum atomic E-state index is 11.9. The van der Waals surface area contributed by atoms with Gasteiger partial charge in [-0.3, -0.25) is 14.5 Å². The second-order valence-electron chi connectivity index (χ2n) is 4.62. The predicted octanol–water partition coefficient (Wildman–Crippen LogP) is -1.89. The molecule has 0 aromatic carbocycles. The molecule has 7 nitrogen and oxygen atoms in total. The van der Waals surface area contributed by atoms with Crippen molar-refractivity contribution in [3.8, 4) is 0 Å². The third-order valence-corrected chi connectivity index (χ3v) is 3.00. The van der Waals surface area contributed by atoms with E-state index in [4.69, 9.17) is 4.74 Å². The van der Waals surface area contributed by atoms with Crippen molar-refractivity contribution in [3.05, 3.63) is 0 Å². The topological polar surface area (TPSA) is 73.9 Å². The van der Waals surface area contributed by atoms with E-state index in [1.165, 1.54) is 4.90 Å². The van der Waals surface area contributed by atoms with Gasteiger partial charge < -0.3 is 20.3 Å². The van der Waals surface area contributed by atoms with Gasteiger partial charge in [0.2, 0.25) is 11.8 Å². The summed E-state index contributed by atoms with van der Waals surface area (Å²) in [5.74, 6) is -0.183. The van der Waals surface area contributed by atoms with Crippen molar-refractivity contribution < 1.29 is 14.3 Å². The average Bonchev–Trinajstić information content (AvgIpc) is 2.40. The van der Waals surface area contributed by atoms with Gasteiger partial charge in [0.25, 0.3) is 0 Å². The van der Waals surface area contributed by atoms with Gasteiger partial charge in [0.05, 0.1) is 19.7 Å². The molecular weight excluding hydrogens is 248 g/mol. The van der Waals surface area contributed by atoms with Crippen molar-refractivity contribution in [2.75, 3.05) is 66.6 Å². The Labute approximate surface area is 114 Å². The number of rotatable bonds is 7. The highest BCUT2D eigenvalue weighted by Crippen LogP contribution is 1.94. The number of nitrogens with zero attached hydrogens (tertiary/aromatic N) is 2. The lowest BCUT2D eigenvalue weighted by atomic mass is 10.3. The van der Waals surface area contributed by atoms with Crippen LogP contribution in [0.15, 0.2) is 0 Å². The summed E-state index contributed by atoms with van der Waals surface area (Å²) >= 11 is 0. The molecule has 19 heavy (non-hydrogen) atoms. The third-order valence-electron chi connectivity index (χ3n) is 3.00. The zero-order valence-corrected chi connectivity index (χ0v) is 11.8. The molecule has 1 heterocycles. The first-order valence-electron chi connectivity index (χ1n) is 6.56. The number of hydrogen-bond acceptors (Lipinski definition) is 5. The minimum atomic E-state index is -0.159. The molecule has 1 fully saturated rings. The molecule has 7 heteroatoms. The molecule has 2 N–H and O–H groups in total. The summed E-state index contributed by atoms with van der Waals surface area (Å²) in [6.07, 6.45) is 0. The molecule has 2 amide bonds. The van der Waals surface area contributed by atoms with E-state index in [1.54, 1.807) is 14.2 Å². The number of methoxy groups -OCH3 is 1. The van der Waals surface area contributed by atoms with Crippen LogP contribution in [0.1, 0.15) is 0 Å². The average molecular weight is 272 g/mol. The third kappa shape index (κ3) is 6.51. The largest absolute Gasteiger partial charge is 0.383 e. The normalized spacial score (nSPS) is 16.1. The van der Waals surface area contributed by atoms with Crippen LogP contribution < -0.4 is 10.6 Å². The highest BCUT2D eigenvalue weighted by Gasteiger charge is 2.17. The molecule has 0 atom stereocenters. The van der Waals surface area contributed by atoms with Gasteiger partial charge in [-0.15, -0.1) is 0 Å². The predicted molar refractivity (Wildman–Crippen MR) is 71.8 cm³/mol. The number of carbonyl (C=O) groups excluding carboxylic acids is 2. The van der Waals surface area contributed by atoms with Crippen molar-refractivity contribution in [2.24, 2.45) is 0 Å². The number of amides is 2. The molecule has 0 saturated carbocycles. The van der Waals surface area contributed by atoms with E-state index < -0.39 is 0 Å². The fourth-order valence-corrected chi connectivity index (χ4v) is 1.83. The van der Waals surface area contributed by atoms with Gasteiger partial charge in [-0.05, 0) is 0 Å². The first-order chi connectivity index (χ1) is 9.13. The Balaban J connectivity index is 2.21. The van der Waals surface area contributed by atoms with Crippen LogP contribution in [-0.2, 0) is 14.3 Å². The van der Waals surface area contributed by atoms with E-state index in [2.05, 4.69) is 15.5 Å². The Morgan fingerprint density at radius 3 is 2.68 bits per heavy atom. The smallest absolute Gasteiger partial charge is 0.239 e. The lowest BCUT2D eigenvalue weighted by molar-refractivity contribution is -0.135. The van der Waals surface area contributed by atoms with Gasteiger partial charge in [0.15, 0.2) is 0 Å². The molecule has 110 valence electrons. The van der Waals surface area contributed by atoms with Gasteiger partial charge in [-0.2, -0.15) is 0 Å². The quantitative estimate of drug-likeness (QED) is 0.530. The van der Waals surface area contributed by atoms with Crippen LogP contribution in [0.3, 0.4) is 0 Å². The number of carbonyl (C=O) groups is 2. The molecule has 0 aromatic rings. The van der Waals surface area contributed by atoms with Gasteiger partial charge in [-0.25, -0.2) is 0 Å². The lowest BCUT2D eigenvalue weighted by Gasteiger charge is -2.28. The molecular formula is C12H24N4O3. The lowest BCUT2D eigenvalue weighted by Crippen LogP contribution is -2.49. The first-order valence-corrected chi connectivity index (χ1v) is 6.56. The van der Waals surface area contributed by atoms with Gasteiger partial charge in [0.1, 0.15) is 0 Å². The molecule has 1 aliphatic heterocycles. The number of ether oxygens (including phenoxy) is 1. The first kappa shape index (κ1) is 15.9. The van der Waals surface area contributed by atoms with Gasteiger partial charge in [0, 0.05) is 46.9 Å². The van der Waals surface area contributed by atoms with Crippen LogP contribution in [0.2, 0.25) is 0 Å². The van der Waals surface area contributed by atoms with E-state index in [-0.39, 0.29) is 18.4 Å². The van der Waals surface area contributed by atoms with E-state index in [1.807, 2.05) is 0 Å². The zero-order chi connectivity index (χ0) is 14.1. The molecule has 0 unspecified atom stereocenters. The second-order valence-corrected chi connectivity index (χ2v) is 4.62. The molecule has 0 spiro atoms. The highest BCUT2D eigenvalue weighted by molar-refractivity contribution is 5.85. The second kappa shape index (κ2) is 8.84. The Morgan fingerprint density at radius 1 is 1.37 bits per heavy atom. The molecule has 0 bridgehead atoms. The number of piperazine rings is 1. The fourth-order valence-electron chi connectivity index (χ4n) is 1.83. The van der Waals surface area contributed by atoms with Gasteiger partial charge >= 0.3 is 0 Å². The van der Waals surface area contributed by atoms with E-state index in [9.17, 15) is 9.59 Å². The van der Waals surface area contributed by atoms with E-state index in [0.29, 0.717) is 19.7 Å². The molecule has 1 aliphatic rings. The zero-order valence-electron chi connectivity index (χ0n) is 11.8. The Bertz CT molecular complexity index is 293. The maximum absolute atomic E-state index is 11.9. The minimum absolute atomic E-state index is 0.0243. The van der Waals surface area contributed by atoms with E-state index in [0.717, 1.165) is 26.2 Å². The van der Waals surface area contributed by atoms with Crippen LogP contribution in [0.5, 0.6) is 0 Å². The highest BCUT2D eigenvalue weighted by atomic mass is 16.5. The summed E-state index contributed by atoms with van der Waals surface area (Å²) in [4.78, 5) is 27.0. The van der Waals surface area contributed by atoms with Crippen LogP contribution in [0.4, 0.5) is 0 Å². The standard InChI is InChI=1S/C12H24N4O3/c1-15(9-11(17)14-5-8-19-2)12(18)10-16-6-3-13-4-7-16/h13H,3-10H2,1-2H3,(H,14,17). The van der Waals surface area contributed by atoms with Crippen LogP contribution >= 0.6 is 0 Å². The van der Waals surface area contributed by atoms with E-state index >= 15 is 0 Å². The number of hydrogen-bond donors (Lipinski definition) is 2. The van der Waals surface area contributed by atoms with Crippen molar-refractivity contribution in [2.45, 2.75) is 0 Å². The molecule has 0 radical (unpaired) electrons. The molecule has 0 aliphatic carbocycles. The van der Waals surface area contributed by atoms with Crippen LogP contribution in [0.25, 0.3) is 0 Å². The summed E-state index contributed by atoms with van der Waals surface area (Å²) in [6, 6.07) is 0. The Morgan fingerprint density at radius 2 is 2.05 bits per heavy atom. The minimum Gasteiger partial charge on any atom is -0.383 e. The van der Waals surface area contributed by atoms with Crippen molar-refractivity contribution >= 4 is 11.8 Å². The summed E-state index contributed by atoms with van der Waals surface area (Å²) in [5, 5.41) is 5.93. The van der Waals surface area contributed by atoms with Crippen LogP contribution in [0, 0.1) is 0 Å². The molecule has 1 saturated heterocycles. The Hall–Kier alpha value is -1.18. The van der Waals surface area contributed by atoms with Gasteiger partial charge in [-0.1, -0.05) is 0 Å². The van der Waals surface area contributed by atoms with Crippen molar-refractivity contribution in [1.82, 2.24) is 20.4 Å². The fraction of sp³-hybridized carbons (Fsp3) is 0.833. The monoisotopic (exact) mass is 272 g/mol. The maximum Gasteiger partial charge on any atom is 0.239 e. The summed E-state index contributed by atoms with van der Waals surface area (Å²) in [7, 11) is 3.23. The number of likely N-dealkylation sites (N-methyl/N-ethyl adjacent to an activating group) is 1. The van der Waals surface area contributed by atoms with Crippen LogP contribution in [-0.4, -0.2) is 88.2 Å². The summed E-state index contributed by atoms with van der Waals surface area (Å²) in [5.41, 5.74) is 0. The Kier molecular flexibility index (Phi) is 7.39. The number of nitrogens with one attached hydrogen (secondary N) is 2. The van der Waals surface area contributed by atoms with Crippen molar-refractivity contribution in [3.63, 3.8) is 0 Å². The summed E-state index contributed by atoms with van der Waals surface area (Å²) < 4.78 is 4.84. The summed E-state index contributed by atoms with van der Waals surface area (Å²) in [6.45, 7) is 4.99. The molecule has 0 aromatic heterocycles. The van der Waals surface area contributed by atoms with Crippen molar-refractivity contribution in [1.29, 1.82) is 0 Å².